The number of carbonyl (C=O) groups is 1. The number of piperidine rings is 1. The third-order valence-electron chi connectivity index (χ3n) is 8.36. The predicted octanol–water partition coefficient (Wildman–Crippen LogP) is 4.44. The SMILES string of the molecule is O=C(NCC1CCCN(S(=O)(=O)c2ccccc2C(F)(F)F)C1)C12CC3CC(CC(C3)C1)C2. The van der Waals surface area contributed by atoms with Crippen molar-refractivity contribution in [3.05, 3.63) is 29.8 Å². The molecular formula is C24H31F3N2O3S. The second-order valence-corrected chi connectivity index (χ2v) is 12.7. The molecule has 1 amide bonds. The van der Waals surface area contributed by atoms with E-state index in [0.717, 1.165) is 42.1 Å². The van der Waals surface area contributed by atoms with Crippen molar-refractivity contribution in [3.8, 4) is 0 Å². The van der Waals surface area contributed by atoms with Gasteiger partial charge in [-0.3, -0.25) is 4.79 Å². The minimum absolute atomic E-state index is 0.101. The van der Waals surface area contributed by atoms with Crippen molar-refractivity contribution in [1.82, 2.24) is 9.62 Å². The number of benzene rings is 1. The Labute approximate surface area is 193 Å². The number of nitrogens with zero attached hydrogens (tertiary/aromatic N) is 1. The molecule has 0 spiro atoms. The predicted molar refractivity (Wildman–Crippen MR) is 117 cm³/mol. The number of amides is 1. The third-order valence-corrected chi connectivity index (χ3v) is 10.3. The van der Waals surface area contributed by atoms with Crippen molar-refractivity contribution in [3.63, 3.8) is 0 Å². The number of sulfonamides is 1. The summed E-state index contributed by atoms with van der Waals surface area (Å²) in [5.41, 5.74) is -1.40. The Balaban J connectivity index is 1.25. The van der Waals surface area contributed by atoms with Crippen LogP contribution in [0.3, 0.4) is 0 Å². The van der Waals surface area contributed by atoms with Crippen LogP contribution in [0.2, 0.25) is 0 Å². The molecule has 1 N–H and O–H groups in total. The maximum Gasteiger partial charge on any atom is 0.417 e. The molecule has 4 saturated carbocycles. The minimum atomic E-state index is -4.75. The van der Waals surface area contributed by atoms with E-state index in [1.807, 2.05) is 0 Å². The normalized spacial score (nSPS) is 34.4. The summed E-state index contributed by atoms with van der Waals surface area (Å²) >= 11 is 0. The molecule has 1 aliphatic heterocycles. The summed E-state index contributed by atoms with van der Waals surface area (Å²) in [5, 5.41) is 3.12. The lowest BCUT2D eigenvalue weighted by molar-refractivity contribution is -0.146. The quantitative estimate of drug-likeness (QED) is 0.672. The number of alkyl halides is 3. The van der Waals surface area contributed by atoms with E-state index in [0.29, 0.717) is 30.7 Å². The molecule has 1 aromatic carbocycles. The van der Waals surface area contributed by atoms with E-state index in [9.17, 15) is 26.4 Å². The molecule has 182 valence electrons. The zero-order valence-electron chi connectivity index (χ0n) is 18.6. The highest BCUT2D eigenvalue weighted by molar-refractivity contribution is 7.89. The highest BCUT2D eigenvalue weighted by atomic mass is 32.2. The Bertz CT molecular complexity index is 989. The summed E-state index contributed by atoms with van der Waals surface area (Å²) in [6, 6.07) is 4.34. The van der Waals surface area contributed by atoms with Gasteiger partial charge in [0.1, 0.15) is 0 Å². The Morgan fingerprint density at radius 1 is 1.06 bits per heavy atom. The van der Waals surface area contributed by atoms with Crippen LogP contribution in [-0.2, 0) is 21.0 Å². The zero-order chi connectivity index (χ0) is 23.4. The van der Waals surface area contributed by atoms with Crippen LogP contribution in [0.5, 0.6) is 0 Å². The number of nitrogens with one attached hydrogen (secondary N) is 1. The number of halogens is 3. The van der Waals surface area contributed by atoms with Crippen LogP contribution < -0.4 is 5.32 Å². The summed E-state index contributed by atoms with van der Waals surface area (Å²) in [4.78, 5) is 12.5. The first kappa shape index (κ1) is 23.1. The second kappa shape index (κ2) is 8.26. The Kier molecular flexibility index (Phi) is 5.79. The van der Waals surface area contributed by atoms with Crippen molar-refractivity contribution < 1.29 is 26.4 Å². The average molecular weight is 485 g/mol. The van der Waals surface area contributed by atoms with Gasteiger partial charge in [0.15, 0.2) is 0 Å². The number of hydrogen-bond donors (Lipinski definition) is 1. The molecule has 9 heteroatoms. The van der Waals surface area contributed by atoms with E-state index in [2.05, 4.69) is 5.32 Å². The number of carbonyl (C=O) groups excluding carboxylic acids is 1. The Morgan fingerprint density at radius 2 is 1.67 bits per heavy atom. The second-order valence-electron chi connectivity index (χ2n) is 10.8. The largest absolute Gasteiger partial charge is 0.417 e. The molecule has 33 heavy (non-hydrogen) atoms. The smallest absolute Gasteiger partial charge is 0.355 e. The molecule has 5 fully saturated rings. The molecule has 0 aromatic heterocycles. The fourth-order valence-corrected chi connectivity index (χ4v) is 9.06. The van der Waals surface area contributed by atoms with Crippen LogP contribution in [0.1, 0.15) is 56.9 Å². The maximum absolute atomic E-state index is 13.4. The molecule has 1 aromatic rings. The molecule has 1 heterocycles. The van der Waals surface area contributed by atoms with Gasteiger partial charge in [-0.1, -0.05) is 12.1 Å². The third kappa shape index (κ3) is 4.31. The van der Waals surface area contributed by atoms with Crippen LogP contribution in [0.4, 0.5) is 13.2 Å². The van der Waals surface area contributed by atoms with E-state index in [1.54, 1.807) is 0 Å². The van der Waals surface area contributed by atoms with Crippen molar-refractivity contribution in [2.45, 2.75) is 62.4 Å². The van der Waals surface area contributed by atoms with Crippen molar-refractivity contribution in [2.24, 2.45) is 29.1 Å². The Morgan fingerprint density at radius 3 is 2.27 bits per heavy atom. The van der Waals surface area contributed by atoms with Crippen molar-refractivity contribution >= 4 is 15.9 Å². The molecule has 1 unspecified atom stereocenters. The minimum Gasteiger partial charge on any atom is -0.355 e. The van der Waals surface area contributed by atoms with Crippen LogP contribution in [0.15, 0.2) is 29.2 Å². The summed E-state index contributed by atoms with van der Waals surface area (Å²) in [7, 11) is -4.28. The van der Waals surface area contributed by atoms with Crippen molar-refractivity contribution in [2.75, 3.05) is 19.6 Å². The van der Waals surface area contributed by atoms with Gasteiger partial charge in [0.25, 0.3) is 0 Å². The van der Waals surface area contributed by atoms with Crippen LogP contribution in [0, 0.1) is 29.1 Å². The van der Waals surface area contributed by atoms with Gasteiger partial charge >= 0.3 is 6.18 Å². The fraction of sp³-hybridized carbons (Fsp3) is 0.708. The van der Waals surface area contributed by atoms with E-state index in [1.165, 1.54) is 31.4 Å². The molecule has 6 rings (SSSR count). The topological polar surface area (TPSA) is 66.5 Å². The molecular weight excluding hydrogens is 453 g/mol. The van der Waals surface area contributed by atoms with Crippen LogP contribution in [-0.4, -0.2) is 38.3 Å². The standard InChI is InChI=1S/C24H31F3N2O3S/c25-24(26,27)20-5-1-2-6-21(20)33(31,32)29-7-3-4-16(15-29)14-28-22(30)23-11-17-8-18(12-23)10-19(9-17)13-23/h1-2,5-6,16-19H,3-4,7-15H2,(H,28,30). The molecule has 1 saturated heterocycles. The first-order valence-electron chi connectivity index (χ1n) is 12.0. The van der Waals surface area contributed by atoms with Gasteiger partial charge in [-0.25, -0.2) is 8.42 Å². The van der Waals surface area contributed by atoms with Gasteiger partial charge in [0, 0.05) is 25.0 Å². The summed E-state index contributed by atoms with van der Waals surface area (Å²) in [6.07, 6.45) is 3.20. The molecule has 5 aliphatic rings. The lowest BCUT2D eigenvalue weighted by Gasteiger charge is -2.55. The summed E-state index contributed by atoms with van der Waals surface area (Å²) in [5.74, 6) is 1.97. The van der Waals surface area contributed by atoms with Gasteiger partial charge in [0.05, 0.1) is 10.5 Å². The summed E-state index contributed by atoms with van der Waals surface area (Å²) in [6.45, 7) is 0.678. The highest BCUT2D eigenvalue weighted by Crippen LogP contribution is 2.60. The average Bonchev–Trinajstić information content (AvgIpc) is 2.76. The van der Waals surface area contributed by atoms with Crippen molar-refractivity contribution in [1.29, 1.82) is 0 Å². The first-order chi connectivity index (χ1) is 15.6. The van der Waals surface area contributed by atoms with E-state index >= 15 is 0 Å². The van der Waals surface area contributed by atoms with Gasteiger partial charge in [-0.15, -0.1) is 0 Å². The van der Waals surface area contributed by atoms with Gasteiger partial charge in [0.2, 0.25) is 15.9 Å². The van der Waals surface area contributed by atoms with E-state index in [-0.39, 0.29) is 30.3 Å². The maximum atomic E-state index is 13.4. The zero-order valence-corrected chi connectivity index (χ0v) is 19.4. The lowest BCUT2D eigenvalue weighted by Crippen LogP contribution is -2.54. The Hall–Kier alpha value is -1.61. The van der Waals surface area contributed by atoms with E-state index in [4.69, 9.17) is 0 Å². The van der Waals surface area contributed by atoms with Gasteiger partial charge in [-0.2, -0.15) is 17.5 Å². The summed E-state index contributed by atoms with van der Waals surface area (Å²) < 4.78 is 67.6. The monoisotopic (exact) mass is 484 g/mol. The molecule has 1 atom stereocenters. The van der Waals surface area contributed by atoms with Gasteiger partial charge < -0.3 is 5.32 Å². The van der Waals surface area contributed by atoms with Crippen LogP contribution in [0.25, 0.3) is 0 Å². The van der Waals surface area contributed by atoms with Gasteiger partial charge in [-0.05, 0) is 87.2 Å². The number of hydrogen-bond acceptors (Lipinski definition) is 3. The number of rotatable bonds is 5. The molecule has 0 radical (unpaired) electrons. The lowest BCUT2D eigenvalue weighted by atomic mass is 9.49. The fourth-order valence-electron chi connectivity index (χ4n) is 7.29. The highest BCUT2D eigenvalue weighted by Gasteiger charge is 2.54. The molecule has 4 aliphatic carbocycles. The van der Waals surface area contributed by atoms with E-state index < -0.39 is 26.7 Å². The molecule has 5 nitrogen and oxygen atoms in total. The van der Waals surface area contributed by atoms with Crippen LogP contribution >= 0.6 is 0 Å². The first-order valence-corrected chi connectivity index (χ1v) is 13.5. The molecule has 4 bridgehead atoms.